The van der Waals surface area contributed by atoms with E-state index in [4.69, 9.17) is 5.73 Å². The molecule has 0 radical (unpaired) electrons. The van der Waals surface area contributed by atoms with Gasteiger partial charge >= 0.3 is 0 Å². The number of hydrogen-bond acceptors (Lipinski definition) is 3. The molecule has 4 atom stereocenters. The van der Waals surface area contributed by atoms with Crippen LogP contribution in [0, 0.1) is 23.7 Å². The van der Waals surface area contributed by atoms with Crippen molar-refractivity contribution in [2.24, 2.45) is 29.4 Å². The number of imide groups is 1. The Kier molecular flexibility index (Phi) is 1.75. The van der Waals surface area contributed by atoms with Crippen LogP contribution in [0.25, 0.3) is 0 Å². The molecular formula is C11H12N2O3. The van der Waals surface area contributed by atoms with Crippen LogP contribution in [0.3, 0.4) is 0 Å². The van der Waals surface area contributed by atoms with Crippen molar-refractivity contribution in [2.75, 3.05) is 6.54 Å². The standard InChI is InChI=1S/C11H12N2O3/c12-7(14)4-13-10(15)8-5-1-2-6(3-5)9(8)11(13)16/h1-2,5-6,8-9H,3-4H2,(H2,12,14)/t5-,6+,8-,9+. The van der Waals surface area contributed by atoms with Gasteiger partial charge in [-0.15, -0.1) is 0 Å². The molecule has 1 aliphatic heterocycles. The van der Waals surface area contributed by atoms with Crippen LogP contribution in [0.15, 0.2) is 12.2 Å². The number of hydrogen-bond donors (Lipinski definition) is 1. The molecule has 3 aliphatic rings. The maximum atomic E-state index is 12.0. The van der Waals surface area contributed by atoms with Crippen molar-refractivity contribution in [1.82, 2.24) is 4.90 Å². The zero-order chi connectivity index (χ0) is 11.4. The van der Waals surface area contributed by atoms with Gasteiger partial charge in [-0.3, -0.25) is 19.3 Å². The van der Waals surface area contributed by atoms with Crippen molar-refractivity contribution in [1.29, 1.82) is 0 Å². The Labute approximate surface area is 92.3 Å². The van der Waals surface area contributed by atoms with Crippen LogP contribution in [0.4, 0.5) is 0 Å². The van der Waals surface area contributed by atoms with E-state index in [1.807, 2.05) is 12.2 Å². The van der Waals surface area contributed by atoms with Gasteiger partial charge in [0.1, 0.15) is 6.54 Å². The molecule has 0 aromatic carbocycles. The highest BCUT2D eigenvalue weighted by molar-refractivity contribution is 6.08. The van der Waals surface area contributed by atoms with Crippen LogP contribution in [-0.2, 0) is 14.4 Å². The molecule has 5 heteroatoms. The number of rotatable bonds is 2. The van der Waals surface area contributed by atoms with Crippen molar-refractivity contribution in [2.45, 2.75) is 6.42 Å². The number of allylic oxidation sites excluding steroid dienone is 2. The molecule has 0 unspecified atom stereocenters. The lowest BCUT2D eigenvalue weighted by molar-refractivity contribution is -0.143. The summed E-state index contributed by atoms with van der Waals surface area (Å²) < 4.78 is 0. The van der Waals surface area contributed by atoms with Crippen molar-refractivity contribution >= 4 is 17.7 Å². The first kappa shape index (κ1) is 9.57. The van der Waals surface area contributed by atoms with E-state index in [0.29, 0.717) is 0 Å². The Morgan fingerprint density at radius 1 is 1.25 bits per heavy atom. The molecule has 1 heterocycles. The molecule has 2 aliphatic carbocycles. The van der Waals surface area contributed by atoms with E-state index in [1.54, 1.807) is 0 Å². The van der Waals surface area contributed by atoms with E-state index in [1.165, 1.54) is 0 Å². The normalized spacial score (nSPS) is 39.6. The smallest absolute Gasteiger partial charge is 0.237 e. The monoisotopic (exact) mass is 220 g/mol. The first-order valence-electron chi connectivity index (χ1n) is 5.41. The zero-order valence-corrected chi connectivity index (χ0v) is 8.63. The Bertz CT molecular complexity index is 399. The summed E-state index contributed by atoms with van der Waals surface area (Å²) in [6.45, 7) is -0.274. The highest BCUT2D eigenvalue weighted by atomic mass is 16.2. The minimum Gasteiger partial charge on any atom is -0.368 e. The summed E-state index contributed by atoms with van der Waals surface area (Å²) in [4.78, 5) is 35.8. The number of nitrogens with two attached hydrogens (primary N) is 1. The van der Waals surface area contributed by atoms with Crippen LogP contribution >= 0.6 is 0 Å². The first-order chi connectivity index (χ1) is 7.59. The molecule has 0 spiro atoms. The zero-order valence-electron chi connectivity index (χ0n) is 8.63. The van der Waals surface area contributed by atoms with E-state index in [2.05, 4.69) is 0 Å². The minimum atomic E-state index is -0.637. The van der Waals surface area contributed by atoms with E-state index < -0.39 is 5.91 Å². The average Bonchev–Trinajstić information content (AvgIpc) is 2.87. The van der Waals surface area contributed by atoms with Gasteiger partial charge in [0.2, 0.25) is 17.7 Å². The summed E-state index contributed by atoms with van der Waals surface area (Å²) in [7, 11) is 0. The molecule has 2 N–H and O–H groups in total. The summed E-state index contributed by atoms with van der Waals surface area (Å²) in [6, 6.07) is 0. The third-order valence-electron chi connectivity index (χ3n) is 3.88. The van der Waals surface area contributed by atoms with Gasteiger partial charge in [0.05, 0.1) is 11.8 Å². The van der Waals surface area contributed by atoms with Crippen LogP contribution in [0.1, 0.15) is 6.42 Å². The third kappa shape index (κ3) is 1.03. The number of primary amides is 1. The van der Waals surface area contributed by atoms with E-state index in [-0.39, 0.29) is 42.0 Å². The fraction of sp³-hybridized carbons (Fsp3) is 0.545. The molecule has 3 amide bonds. The summed E-state index contributed by atoms with van der Waals surface area (Å²) in [5.74, 6) is -1.17. The molecule has 16 heavy (non-hydrogen) atoms. The number of carbonyl (C=O) groups excluding carboxylic acids is 3. The summed E-state index contributed by atoms with van der Waals surface area (Å²) in [5, 5.41) is 0. The van der Waals surface area contributed by atoms with E-state index in [9.17, 15) is 14.4 Å². The van der Waals surface area contributed by atoms with Gasteiger partial charge in [-0.25, -0.2) is 0 Å². The first-order valence-corrected chi connectivity index (χ1v) is 5.41. The average molecular weight is 220 g/mol. The maximum absolute atomic E-state index is 12.0. The van der Waals surface area contributed by atoms with Crippen molar-refractivity contribution in [3.63, 3.8) is 0 Å². The largest absolute Gasteiger partial charge is 0.368 e. The predicted octanol–water partition coefficient (Wildman–Crippen LogP) is -0.721. The molecule has 1 saturated carbocycles. The van der Waals surface area contributed by atoms with Gasteiger partial charge in [0, 0.05) is 0 Å². The van der Waals surface area contributed by atoms with E-state index in [0.717, 1.165) is 11.3 Å². The van der Waals surface area contributed by atoms with Crippen LogP contribution in [0.2, 0.25) is 0 Å². The molecule has 84 valence electrons. The lowest BCUT2D eigenvalue weighted by Crippen LogP contribution is -2.39. The summed E-state index contributed by atoms with van der Waals surface area (Å²) >= 11 is 0. The number of likely N-dealkylation sites (tertiary alicyclic amines) is 1. The second-order valence-corrected chi connectivity index (χ2v) is 4.73. The van der Waals surface area contributed by atoms with Gasteiger partial charge < -0.3 is 5.73 Å². The van der Waals surface area contributed by atoms with Crippen molar-refractivity contribution in [3.8, 4) is 0 Å². The molecule has 5 nitrogen and oxygen atoms in total. The quantitative estimate of drug-likeness (QED) is 0.492. The molecule has 3 rings (SSSR count). The fourth-order valence-electron chi connectivity index (χ4n) is 3.28. The topological polar surface area (TPSA) is 80.5 Å². The number of fused-ring (bicyclic) bond motifs is 5. The highest BCUT2D eigenvalue weighted by Crippen LogP contribution is 2.52. The fourth-order valence-corrected chi connectivity index (χ4v) is 3.28. The maximum Gasteiger partial charge on any atom is 0.237 e. The van der Waals surface area contributed by atoms with Gasteiger partial charge in [0.25, 0.3) is 0 Å². The van der Waals surface area contributed by atoms with Gasteiger partial charge in [-0.2, -0.15) is 0 Å². The number of nitrogens with zero attached hydrogens (tertiary/aromatic N) is 1. The van der Waals surface area contributed by atoms with Crippen LogP contribution in [0.5, 0.6) is 0 Å². The Hall–Kier alpha value is -1.65. The molecule has 0 aromatic rings. The molecule has 2 bridgehead atoms. The lowest BCUT2D eigenvalue weighted by Gasteiger charge is -2.14. The van der Waals surface area contributed by atoms with Gasteiger partial charge in [0.15, 0.2) is 0 Å². The SMILES string of the molecule is NC(=O)CN1C(=O)[C@@H]2[C@H](C1=O)[C@@H]1C=C[C@H]2C1. The Morgan fingerprint density at radius 2 is 1.75 bits per heavy atom. The minimum absolute atomic E-state index is 0.185. The van der Waals surface area contributed by atoms with Gasteiger partial charge in [-0.1, -0.05) is 12.2 Å². The van der Waals surface area contributed by atoms with Gasteiger partial charge in [-0.05, 0) is 18.3 Å². The molecule has 2 fully saturated rings. The third-order valence-corrected chi connectivity index (χ3v) is 3.88. The van der Waals surface area contributed by atoms with Crippen molar-refractivity contribution in [3.05, 3.63) is 12.2 Å². The predicted molar refractivity (Wildman–Crippen MR) is 53.6 cm³/mol. The Balaban J connectivity index is 1.91. The van der Waals surface area contributed by atoms with Crippen LogP contribution in [-0.4, -0.2) is 29.2 Å². The van der Waals surface area contributed by atoms with Crippen LogP contribution < -0.4 is 5.73 Å². The molecular weight excluding hydrogens is 208 g/mol. The molecule has 1 saturated heterocycles. The van der Waals surface area contributed by atoms with E-state index >= 15 is 0 Å². The second-order valence-electron chi connectivity index (χ2n) is 4.73. The summed E-state index contributed by atoms with van der Waals surface area (Å²) in [5.41, 5.74) is 5.03. The lowest BCUT2D eigenvalue weighted by atomic mass is 9.85. The number of carbonyl (C=O) groups is 3. The highest BCUT2D eigenvalue weighted by Gasteiger charge is 2.59. The number of amides is 3. The summed E-state index contributed by atoms with van der Waals surface area (Å²) in [6.07, 6.45) is 4.94. The second kappa shape index (κ2) is 2.93. The Morgan fingerprint density at radius 3 is 2.19 bits per heavy atom. The molecule has 0 aromatic heterocycles. The van der Waals surface area contributed by atoms with Crippen molar-refractivity contribution < 1.29 is 14.4 Å².